The standard InChI is InChI=1S/C16H27NO/c1-7-8-11(2)16(17-5)14-9-13(4)15(18-6)10-12(14)3/h9-11,16-17H,7-8H2,1-6H3. The second-order valence-electron chi connectivity index (χ2n) is 5.21. The van der Waals surface area contributed by atoms with Crippen LogP contribution in [0.2, 0.25) is 0 Å². The fourth-order valence-electron chi connectivity index (χ4n) is 2.74. The van der Waals surface area contributed by atoms with Gasteiger partial charge in [0.25, 0.3) is 0 Å². The fourth-order valence-corrected chi connectivity index (χ4v) is 2.74. The van der Waals surface area contributed by atoms with E-state index < -0.39 is 0 Å². The van der Waals surface area contributed by atoms with Crippen molar-refractivity contribution in [1.29, 1.82) is 0 Å². The average molecular weight is 249 g/mol. The summed E-state index contributed by atoms with van der Waals surface area (Å²) >= 11 is 0. The molecule has 0 amide bonds. The fraction of sp³-hybridized carbons (Fsp3) is 0.625. The lowest BCUT2D eigenvalue weighted by Crippen LogP contribution is -2.24. The van der Waals surface area contributed by atoms with E-state index in [1.54, 1.807) is 7.11 Å². The lowest BCUT2D eigenvalue weighted by atomic mass is 9.88. The van der Waals surface area contributed by atoms with Crippen molar-refractivity contribution >= 4 is 0 Å². The summed E-state index contributed by atoms with van der Waals surface area (Å²) in [5, 5.41) is 3.47. The summed E-state index contributed by atoms with van der Waals surface area (Å²) in [6.45, 7) is 8.85. The van der Waals surface area contributed by atoms with E-state index in [2.05, 4.69) is 52.2 Å². The largest absolute Gasteiger partial charge is 0.496 e. The molecule has 0 saturated heterocycles. The topological polar surface area (TPSA) is 21.3 Å². The van der Waals surface area contributed by atoms with Gasteiger partial charge in [0, 0.05) is 6.04 Å². The maximum absolute atomic E-state index is 5.38. The second kappa shape index (κ2) is 6.79. The zero-order chi connectivity index (χ0) is 13.7. The van der Waals surface area contributed by atoms with E-state index in [0.717, 1.165) is 5.75 Å². The Morgan fingerprint density at radius 1 is 1.22 bits per heavy atom. The maximum atomic E-state index is 5.38. The number of rotatable bonds is 6. The molecule has 0 aliphatic carbocycles. The third kappa shape index (κ3) is 3.26. The van der Waals surface area contributed by atoms with Crippen molar-refractivity contribution in [3.8, 4) is 5.75 Å². The predicted octanol–water partition coefficient (Wildman–Crippen LogP) is 4.01. The van der Waals surface area contributed by atoms with Gasteiger partial charge >= 0.3 is 0 Å². The number of ether oxygens (including phenoxy) is 1. The smallest absolute Gasteiger partial charge is 0.122 e. The number of methoxy groups -OCH3 is 1. The number of aryl methyl sites for hydroxylation is 2. The molecule has 18 heavy (non-hydrogen) atoms. The van der Waals surface area contributed by atoms with Crippen LogP contribution >= 0.6 is 0 Å². The van der Waals surface area contributed by atoms with Crippen molar-refractivity contribution < 1.29 is 4.74 Å². The van der Waals surface area contributed by atoms with Crippen LogP contribution in [0.25, 0.3) is 0 Å². The molecule has 0 aliphatic heterocycles. The first-order valence-electron chi connectivity index (χ1n) is 6.87. The molecule has 1 aromatic rings. The van der Waals surface area contributed by atoms with Crippen molar-refractivity contribution in [2.75, 3.05) is 14.2 Å². The van der Waals surface area contributed by atoms with Gasteiger partial charge in [0.05, 0.1) is 7.11 Å². The molecule has 0 fully saturated rings. The van der Waals surface area contributed by atoms with Crippen LogP contribution in [0.15, 0.2) is 12.1 Å². The molecule has 0 aromatic heterocycles. The molecule has 2 unspecified atom stereocenters. The Hall–Kier alpha value is -1.02. The van der Waals surface area contributed by atoms with E-state index >= 15 is 0 Å². The molecular weight excluding hydrogens is 222 g/mol. The van der Waals surface area contributed by atoms with E-state index in [1.807, 2.05) is 0 Å². The molecule has 102 valence electrons. The molecule has 0 aliphatic rings. The first-order chi connectivity index (χ1) is 8.54. The third-order valence-corrected chi connectivity index (χ3v) is 3.74. The van der Waals surface area contributed by atoms with Crippen molar-refractivity contribution in [1.82, 2.24) is 5.32 Å². The van der Waals surface area contributed by atoms with Gasteiger partial charge in [-0.3, -0.25) is 0 Å². The van der Waals surface area contributed by atoms with Gasteiger partial charge in [-0.05, 0) is 56.0 Å². The minimum absolute atomic E-state index is 0.426. The van der Waals surface area contributed by atoms with Crippen LogP contribution in [0.3, 0.4) is 0 Å². The second-order valence-corrected chi connectivity index (χ2v) is 5.21. The van der Waals surface area contributed by atoms with Crippen LogP contribution in [-0.4, -0.2) is 14.2 Å². The number of benzene rings is 1. The van der Waals surface area contributed by atoms with Gasteiger partial charge in [-0.15, -0.1) is 0 Å². The van der Waals surface area contributed by atoms with E-state index in [1.165, 1.54) is 29.5 Å². The Morgan fingerprint density at radius 3 is 2.39 bits per heavy atom. The summed E-state index contributed by atoms with van der Waals surface area (Å²) in [5.74, 6) is 1.63. The minimum atomic E-state index is 0.426. The lowest BCUT2D eigenvalue weighted by molar-refractivity contribution is 0.380. The molecule has 2 heteroatoms. The predicted molar refractivity (Wildman–Crippen MR) is 78.3 cm³/mol. The van der Waals surface area contributed by atoms with Crippen LogP contribution in [0.1, 0.15) is 49.4 Å². The maximum Gasteiger partial charge on any atom is 0.122 e. The molecule has 2 atom stereocenters. The number of hydrogen-bond donors (Lipinski definition) is 1. The number of hydrogen-bond acceptors (Lipinski definition) is 2. The monoisotopic (exact) mass is 249 g/mol. The zero-order valence-electron chi connectivity index (χ0n) is 12.6. The average Bonchev–Trinajstić information content (AvgIpc) is 2.34. The van der Waals surface area contributed by atoms with Gasteiger partial charge in [0.15, 0.2) is 0 Å². The van der Waals surface area contributed by atoms with E-state index in [4.69, 9.17) is 4.74 Å². The van der Waals surface area contributed by atoms with Gasteiger partial charge < -0.3 is 10.1 Å². The highest BCUT2D eigenvalue weighted by atomic mass is 16.5. The van der Waals surface area contributed by atoms with Crippen LogP contribution in [0, 0.1) is 19.8 Å². The summed E-state index contributed by atoms with van der Waals surface area (Å²) in [6, 6.07) is 4.84. The zero-order valence-corrected chi connectivity index (χ0v) is 12.6. The molecular formula is C16H27NO. The molecule has 1 aromatic carbocycles. The molecule has 0 bridgehead atoms. The Balaban J connectivity index is 3.09. The Kier molecular flexibility index (Phi) is 5.67. The Bertz CT molecular complexity index is 387. The van der Waals surface area contributed by atoms with Crippen molar-refractivity contribution in [3.05, 3.63) is 28.8 Å². The van der Waals surface area contributed by atoms with Gasteiger partial charge in [0.1, 0.15) is 5.75 Å². The van der Waals surface area contributed by atoms with E-state index in [0.29, 0.717) is 12.0 Å². The van der Waals surface area contributed by atoms with Gasteiger partial charge in [-0.25, -0.2) is 0 Å². The Morgan fingerprint density at radius 2 is 1.89 bits per heavy atom. The van der Waals surface area contributed by atoms with E-state index in [-0.39, 0.29) is 0 Å². The van der Waals surface area contributed by atoms with Crippen LogP contribution < -0.4 is 10.1 Å². The number of nitrogens with one attached hydrogen (secondary N) is 1. The summed E-state index contributed by atoms with van der Waals surface area (Å²) in [4.78, 5) is 0. The summed E-state index contributed by atoms with van der Waals surface area (Å²) in [7, 11) is 3.78. The first-order valence-corrected chi connectivity index (χ1v) is 6.87. The highest BCUT2D eigenvalue weighted by Gasteiger charge is 2.19. The van der Waals surface area contributed by atoms with E-state index in [9.17, 15) is 0 Å². The molecule has 1 rings (SSSR count). The highest BCUT2D eigenvalue weighted by Crippen LogP contribution is 2.31. The quantitative estimate of drug-likeness (QED) is 0.822. The van der Waals surface area contributed by atoms with Crippen LogP contribution in [0.4, 0.5) is 0 Å². The highest BCUT2D eigenvalue weighted by molar-refractivity contribution is 5.43. The summed E-state index contributed by atoms with van der Waals surface area (Å²) < 4.78 is 5.38. The molecule has 1 N–H and O–H groups in total. The Labute approximate surface area is 112 Å². The third-order valence-electron chi connectivity index (χ3n) is 3.74. The van der Waals surface area contributed by atoms with Gasteiger partial charge in [-0.1, -0.05) is 26.3 Å². The molecule has 0 heterocycles. The molecule has 2 nitrogen and oxygen atoms in total. The van der Waals surface area contributed by atoms with Gasteiger partial charge in [0.2, 0.25) is 0 Å². The molecule has 0 spiro atoms. The van der Waals surface area contributed by atoms with Crippen molar-refractivity contribution in [2.24, 2.45) is 5.92 Å². The first kappa shape index (κ1) is 15.0. The van der Waals surface area contributed by atoms with Crippen LogP contribution in [-0.2, 0) is 0 Å². The van der Waals surface area contributed by atoms with Crippen LogP contribution in [0.5, 0.6) is 5.75 Å². The minimum Gasteiger partial charge on any atom is -0.496 e. The SMILES string of the molecule is CCCC(C)C(NC)c1cc(C)c(OC)cc1C. The van der Waals surface area contributed by atoms with Crippen molar-refractivity contribution in [3.63, 3.8) is 0 Å². The molecule has 0 radical (unpaired) electrons. The lowest BCUT2D eigenvalue weighted by Gasteiger charge is -2.26. The molecule has 0 saturated carbocycles. The normalized spacial score (nSPS) is 14.3. The summed E-state index contributed by atoms with van der Waals surface area (Å²) in [6.07, 6.45) is 2.48. The summed E-state index contributed by atoms with van der Waals surface area (Å²) in [5.41, 5.74) is 3.92. The van der Waals surface area contributed by atoms with Crippen molar-refractivity contribution in [2.45, 2.75) is 46.6 Å². The van der Waals surface area contributed by atoms with Gasteiger partial charge in [-0.2, -0.15) is 0 Å².